The Balaban J connectivity index is 2.04. The first-order valence-electron chi connectivity index (χ1n) is 5.37. The third-order valence-corrected chi connectivity index (χ3v) is 3.19. The van der Waals surface area contributed by atoms with Crippen molar-refractivity contribution in [1.82, 2.24) is 4.98 Å². The van der Waals surface area contributed by atoms with Crippen LogP contribution in [-0.2, 0) is 6.54 Å². The van der Waals surface area contributed by atoms with Crippen LogP contribution in [0.4, 0.5) is 5.69 Å². The molecule has 94 valence electrons. The Labute approximate surface area is 119 Å². The Bertz CT molecular complexity index is 531. The Morgan fingerprint density at radius 1 is 1.33 bits per heavy atom. The average Bonchev–Trinajstić information content (AvgIpc) is 2.39. The summed E-state index contributed by atoms with van der Waals surface area (Å²) in [7, 11) is 1.60. The molecule has 0 aliphatic heterocycles. The first kappa shape index (κ1) is 13.2. The van der Waals surface area contributed by atoms with E-state index in [-0.39, 0.29) is 0 Å². The maximum absolute atomic E-state index is 5.96. The molecule has 0 saturated heterocycles. The highest BCUT2D eigenvalue weighted by atomic mass is 79.9. The van der Waals surface area contributed by atoms with E-state index in [4.69, 9.17) is 16.3 Å². The first-order valence-corrected chi connectivity index (χ1v) is 6.54. The molecule has 3 nitrogen and oxygen atoms in total. The zero-order valence-corrected chi connectivity index (χ0v) is 12.1. The predicted molar refractivity (Wildman–Crippen MR) is 77.3 cm³/mol. The van der Waals surface area contributed by atoms with Crippen LogP contribution in [0.2, 0.25) is 5.02 Å². The maximum atomic E-state index is 5.96. The van der Waals surface area contributed by atoms with Gasteiger partial charge in [0.25, 0.3) is 0 Å². The first-order chi connectivity index (χ1) is 8.69. The van der Waals surface area contributed by atoms with Crippen molar-refractivity contribution in [2.75, 3.05) is 12.4 Å². The lowest BCUT2D eigenvalue weighted by Crippen LogP contribution is -2.01. The molecule has 1 aromatic carbocycles. The van der Waals surface area contributed by atoms with Gasteiger partial charge in [-0.15, -0.1) is 0 Å². The zero-order valence-electron chi connectivity index (χ0n) is 9.78. The molecule has 1 heterocycles. The SMILES string of the molecule is COc1cc(NCc2ccc(Br)cn2)ccc1Cl. The van der Waals surface area contributed by atoms with Crippen LogP contribution in [0, 0.1) is 0 Å². The van der Waals surface area contributed by atoms with Gasteiger partial charge in [0.1, 0.15) is 5.75 Å². The van der Waals surface area contributed by atoms with Crippen LogP contribution in [0.3, 0.4) is 0 Å². The molecule has 0 bridgehead atoms. The standard InChI is InChI=1S/C13H12BrClN2O/c1-18-13-6-10(4-5-12(13)15)17-8-11-3-2-9(14)7-16-11/h2-7,17H,8H2,1H3. The molecule has 2 aromatic rings. The molecule has 1 N–H and O–H groups in total. The van der Waals surface area contributed by atoms with Gasteiger partial charge in [-0.25, -0.2) is 0 Å². The summed E-state index contributed by atoms with van der Waals surface area (Å²) in [6, 6.07) is 9.50. The van der Waals surface area contributed by atoms with Gasteiger partial charge < -0.3 is 10.1 Å². The molecule has 0 amide bonds. The van der Waals surface area contributed by atoms with E-state index < -0.39 is 0 Å². The van der Waals surface area contributed by atoms with Crippen molar-refractivity contribution in [3.8, 4) is 5.75 Å². The predicted octanol–water partition coefficient (Wildman–Crippen LogP) is 4.12. The van der Waals surface area contributed by atoms with Gasteiger partial charge in [0.05, 0.1) is 24.4 Å². The molecular formula is C13H12BrClN2O. The normalized spacial score (nSPS) is 10.2. The molecule has 2 rings (SSSR count). The van der Waals surface area contributed by atoms with E-state index in [9.17, 15) is 0 Å². The molecule has 0 saturated carbocycles. The number of nitrogens with zero attached hydrogens (tertiary/aromatic N) is 1. The number of benzene rings is 1. The molecule has 5 heteroatoms. The molecule has 0 unspecified atom stereocenters. The summed E-state index contributed by atoms with van der Waals surface area (Å²) in [5, 5.41) is 3.87. The summed E-state index contributed by atoms with van der Waals surface area (Å²) in [6.45, 7) is 0.651. The lowest BCUT2D eigenvalue weighted by atomic mass is 10.3. The minimum atomic E-state index is 0.602. The van der Waals surface area contributed by atoms with E-state index in [2.05, 4.69) is 26.2 Å². The molecule has 0 atom stereocenters. The number of pyridine rings is 1. The number of ether oxygens (including phenoxy) is 1. The zero-order chi connectivity index (χ0) is 13.0. The smallest absolute Gasteiger partial charge is 0.139 e. The van der Waals surface area contributed by atoms with Gasteiger partial charge >= 0.3 is 0 Å². The van der Waals surface area contributed by atoms with E-state index in [0.29, 0.717) is 17.3 Å². The molecule has 1 aromatic heterocycles. The van der Waals surface area contributed by atoms with Crippen LogP contribution in [-0.4, -0.2) is 12.1 Å². The van der Waals surface area contributed by atoms with Crippen molar-refractivity contribution in [1.29, 1.82) is 0 Å². The van der Waals surface area contributed by atoms with Crippen molar-refractivity contribution >= 4 is 33.2 Å². The second kappa shape index (κ2) is 6.07. The number of nitrogens with one attached hydrogen (secondary N) is 1. The number of hydrogen-bond donors (Lipinski definition) is 1. The van der Waals surface area contributed by atoms with Gasteiger partial charge in [-0.1, -0.05) is 11.6 Å². The van der Waals surface area contributed by atoms with Crippen molar-refractivity contribution in [3.05, 3.63) is 51.7 Å². The Morgan fingerprint density at radius 3 is 2.83 bits per heavy atom. The minimum Gasteiger partial charge on any atom is -0.495 e. The summed E-state index contributed by atoms with van der Waals surface area (Å²) in [6.07, 6.45) is 1.78. The van der Waals surface area contributed by atoms with Crippen molar-refractivity contribution in [2.24, 2.45) is 0 Å². The van der Waals surface area contributed by atoms with Crippen molar-refractivity contribution < 1.29 is 4.74 Å². The molecule has 0 aliphatic rings. The van der Waals surface area contributed by atoms with Gasteiger partial charge in [0, 0.05) is 22.4 Å². The summed E-state index contributed by atoms with van der Waals surface area (Å²) in [5.74, 6) is 0.658. The highest BCUT2D eigenvalue weighted by Gasteiger charge is 2.02. The molecule has 0 spiro atoms. The van der Waals surface area contributed by atoms with Crippen LogP contribution in [0.1, 0.15) is 5.69 Å². The summed E-state index contributed by atoms with van der Waals surface area (Å²) < 4.78 is 6.13. The van der Waals surface area contributed by atoms with E-state index in [1.807, 2.05) is 24.3 Å². The Hall–Kier alpha value is -1.26. The highest BCUT2D eigenvalue weighted by Crippen LogP contribution is 2.27. The number of methoxy groups -OCH3 is 1. The second-order valence-corrected chi connectivity index (χ2v) is 4.99. The van der Waals surface area contributed by atoms with Crippen LogP contribution >= 0.6 is 27.5 Å². The fraction of sp³-hybridized carbons (Fsp3) is 0.154. The van der Waals surface area contributed by atoms with E-state index in [0.717, 1.165) is 15.9 Å². The van der Waals surface area contributed by atoms with Crippen LogP contribution in [0.5, 0.6) is 5.75 Å². The molecule has 0 fully saturated rings. The Morgan fingerprint density at radius 2 is 2.17 bits per heavy atom. The second-order valence-electron chi connectivity index (χ2n) is 3.67. The van der Waals surface area contributed by atoms with E-state index in [1.54, 1.807) is 19.4 Å². The topological polar surface area (TPSA) is 34.1 Å². The van der Waals surface area contributed by atoms with Gasteiger partial charge in [-0.05, 0) is 40.2 Å². The third-order valence-electron chi connectivity index (χ3n) is 2.41. The van der Waals surface area contributed by atoms with Crippen LogP contribution in [0.15, 0.2) is 41.0 Å². The minimum absolute atomic E-state index is 0.602. The maximum Gasteiger partial charge on any atom is 0.139 e. The van der Waals surface area contributed by atoms with Crippen molar-refractivity contribution in [3.63, 3.8) is 0 Å². The number of hydrogen-bond acceptors (Lipinski definition) is 3. The van der Waals surface area contributed by atoms with Crippen LogP contribution in [0.25, 0.3) is 0 Å². The average molecular weight is 328 g/mol. The van der Waals surface area contributed by atoms with Gasteiger partial charge in [0.15, 0.2) is 0 Å². The summed E-state index contributed by atoms with van der Waals surface area (Å²) >= 11 is 9.31. The van der Waals surface area contributed by atoms with E-state index in [1.165, 1.54) is 0 Å². The monoisotopic (exact) mass is 326 g/mol. The summed E-state index contributed by atoms with van der Waals surface area (Å²) in [5.41, 5.74) is 1.91. The van der Waals surface area contributed by atoms with Crippen molar-refractivity contribution in [2.45, 2.75) is 6.54 Å². The largest absolute Gasteiger partial charge is 0.495 e. The lowest BCUT2D eigenvalue weighted by Gasteiger charge is -2.09. The van der Waals surface area contributed by atoms with E-state index >= 15 is 0 Å². The quantitative estimate of drug-likeness (QED) is 0.917. The molecule has 0 aliphatic carbocycles. The van der Waals surface area contributed by atoms with Gasteiger partial charge in [-0.3, -0.25) is 4.98 Å². The Kier molecular flexibility index (Phi) is 4.44. The number of anilines is 1. The van der Waals surface area contributed by atoms with Gasteiger partial charge in [-0.2, -0.15) is 0 Å². The molecular weight excluding hydrogens is 316 g/mol. The lowest BCUT2D eigenvalue weighted by molar-refractivity contribution is 0.415. The molecule has 18 heavy (non-hydrogen) atoms. The third kappa shape index (κ3) is 3.37. The fourth-order valence-electron chi connectivity index (χ4n) is 1.47. The number of aromatic nitrogens is 1. The van der Waals surface area contributed by atoms with Crippen LogP contribution < -0.4 is 10.1 Å². The highest BCUT2D eigenvalue weighted by molar-refractivity contribution is 9.10. The fourth-order valence-corrected chi connectivity index (χ4v) is 1.90. The summed E-state index contributed by atoms with van der Waals surface area (Å²) in [4.78, 5) is 4.29. The number of rotatable bonds is 4. The number of halogens is 2. The van der Waals surface area contributed by atoms with Gasteiger partial charge in [0.2, 0.25) is 0 Å². The molecule has 0 radical (unpaired) electrons.